The van der Waals surface area contributed by atoms with Gasteiger partial charge in [-0.25, -0.2) is 0 Å². The monoisotopic (exact) mass is 449 g/mol. The molecule has 29 heavy (non-hydrogen) atoms. The zero-order valence-corrected chi connectivity index (χ0v) is 22.3. The van der Waals surface area contributed by atoms with Crippen molar-refractivity contribution < 1.29 is 49.5 Å². The second-order valence-corrected chi connectivity index (χ2v) is 3.92. The normalized spacial score (nSPS) is 6.59. The largest absolute Gasteiger partial charge is 0.481 e. The number of carboxylic acids is 5. The van der Waals surface area contributed by atoms with Gasteiger partial charge in [0.2, 0.25) is 0 Å². The summed E-state index contributed by atoms with van der Waals surface area (Å²) in [6, 6.07) is 0. The van der Waals surface area contributed by atoms with E-state index >= 15 is 0 Å². The Bertz CT molecular complexity index is 293. The van der Waals surface area contributed by atoms with E-state index in [0.717, 1.165) is 47.7 Å². The summed E-state index contributed by atoms with van der Waals surface area (Å²) in [4.78, 5) is 45.0. The van der Waals surface area contributed by atoms with Gasteiger partial charge in [0, 0.05) is 120 Å². The Hall–Kier alpha value is -0.770. The molecule has 0 fully saturated rings. The van der Waals surface area contributed by atoms with Crippen LogP contribution in [0.4, 0.5) is 0 Å². The van der Waals surface area contributed by atoms with Gasteiger partial charge in [-0.3, -0.25) is 24.0 Å². The van der Waals surface area contributed by atoms with Crippen LogP contribution < -0.4 is 16.8 Å². The summed E-state index contributed by atoms with van der Waals surface area (Å²) in [6.07, 6.45) is 0. The summed E-state index contributed by atoms with van der Waals surface area (Å²) < 4.78 is 0. The molecule has 0 aliphatic heterocycles. The van der Waals surface area contributed by atoms with Crippen LogP contribution in [0.1, 0.15) is 34.6 Å². The molecule has 166 valence electrons. The molecule has 0 aromatic carbocycles. The minimum Gasteiger partial charge on any atom is -0.481 e. The molecule has 15 heteroatoms. The van der Waals surface area contributed by atoms with Crippen molar-refractivity contribution in [3.05, 3.63) is 0 Å². The smallest absolute Gasteiger partial charge is 0.300 e. The zero-order chi connectivity index (χ0) is 23.4. The van der Waals surface area contributed by atoms with Crippen molar-refractivity contribution >= 4 is 89.0 Å². The predicted octanol–water partition coefficient (Wildman–Crippen LogP) is -1.81. The van der Waals surface area contributed by atoms with Crippen LogP contribution in [0.5, 0.6) is 0 Å². The molecule has 0 aliphatic carbocycles. The molecule has 0 rings (SSSR count). The van der Waals surface area contributed by atoms with Gasteiger partial charge in [0.1, 0.15) is 0 Å². The Kier molecular flexibility index (Phi) is 89.4. The first-order chi connectivity index (χ1) is 12.1. The van der Waals surface area contributed by atoms with Gasteiger partial charge in [0.15, 0.2) is 0 Å². The van der Waals surface area contributed by atoms with Crippen LogP contribution >= 0.6 is 0 Å². The second-order valence-electron chi connectivity index (χ2n) is 3.92. The minimum absolute atomic E-state index is 0. The summed E-state index contributed by atoms with van der Waals surface area (Å²) in [5.74, 6) is -4.17. The molecule has 0 aromatic heterocycles. The number of carboxylic acid groups (broad SMARTS) is 5. The molecule has 0 aromatic rings. The van der Waals surface area contributed by atoms with Gasteiger partial charge < -0.3 is 42.3 Å². The van der Waals surface area contributed by atoms with E-state index in [1.165, 1.54) is 0 Å². The van der Waals surface area contributed by atoms with Crippen LogP contribution in [0.2, 0.25) is 0 Å². The number of aliphatic carboxylic acids is 5. The average Bonchev–Trinajstić information content (AvgIpc) is 2.35. The number of carbonyl (C=O) groups is 5. The summed E-state index contributed by atoms with van der Waals surface area (Å²) in [5.41, 5.74) is 10.3. The molecule has 0 bridgehead atoms. The molecule has 0 saturated carbocycles. The van der Waals surface area contributed by atoms with Crippen molar-refractivity contribution in [1.82, 2.24) is 5.32 Å². The fourth-order valence-electron chi connectivity index (χ4n) is 0.329. The van der Waals surface area contributed by atoms with Gasteiger partial charge in [0.05, 0.1) is 0 Å². The molecule has 0 saturated heterocycles. The Balaban J connectivity index is -0.0000000305. The van der Waals surface area contributed by atoms with Crippen molar-refractivity contribution in [3.8, 4) is 0 Å². The van der Waals surface area contributed by atoms with E-state index in [9.17, 15) is 0 Å². The van der Waals surface area contributed by atoms with E-state index in [-0.39, 0.29) is 59.1 Å². The molecule has 0 unspecified atom stereocenters. The third-order valence-electron chi connectivity index (χ3n) is 0.642. The van der Waals surface area contributed by atoms with Crippen LogP contribution in [0.15, 0.2) is 0 Å². The SMILES string of the molecule is CC(=O)O.CC(=O)O.CC(=O)O.CC(=O)O.CC(=O)O.NCCNCCN.[Na].[Na]. The predicted molar refractivity (Wildman–Crippen MR) is 109 cm³/mol. The topological polar surface area (TPSA) is 251 Å². The Morgan fingerprint density at radius 3 is 0.724 bits per heavy atom. The Morgan fingerprint density at radius 2 is 0.655 bits per heavy atom. The molecule has 13 nitrogen and oxygen atoms in total. The molecule has 0 atom stereocenters. The number of nitrogens with one attached hydrogen (secondary N) is 1. The van der Waals surface area contributed by atoms with Crippen molar-refractivity contribution in [2.75, 3.05) is 26.2 Å². The second kappa shape index (κ2) is 50.7. The summed E-state index contributed by atoms with van der Waals surface area (Å²) in [6.45, 7) is 8.55. The first kappa shape index (κ1) is 51.1. The molecule has 0 spiro atoms. The van der Waals surface area contributed by atoms with Gasteiger partial charge in [-0.05, 0) is 0 Å². The van der Waals surface area contributed by atoms with Crippen LogP contribution in [-0.4, -0.2) is 141 Å². The van der Waals surface area contributed by atoms with E-state index in [0.29, 0.717) is 13.1 Å². The quantitative estimate of drug-likeness (QED) is 0.174. The summed E-state index contributed by atoms with van der Waals surface area (Å²) >= 11 is 0. The third kappa shape index (κ3) is 1660. The van der Waals surface area contributed by atoms with Crippen LogP contribution in [0.3, 0.4) is 0 Å². The molecular formula is C14H33N3Na2O10. The average molecular weight is 449 g/mol. The van der Waals surface area contributed by atoms with Crippen LogP contribution in [0, 0.1) is 0 Å². The summed E-state index contributed by atoms with van der Waals surface area (Å²) in [5, 5.41) is 40.1. The van der Waals surface area contributed by atoms with Crippen molar-refractivity contribution in [2.24, 2.45) is 11.5 Å². The number of hydrogen-bond acceptors (Lipinski definition) is 8. The fourth-order valence-corrected chi connectivity index (χ4v) is 0.329. The first-order valence-electron chi connectivity index (χ1n) is 7.16. The van der Waals surface area contributed by atoms with Crippen LogP contribution in [-0.2, 0) is 24.0 Å². The minimum atomic E-state index is -0.833. The molecule has 2 radical (unpaired) electrons. The van der Waals surface area contributed by atoms with Crippen molar-refractivity contribution in [2.45, 2.75) is 34.6 Å². The maximum absolute atomic E-state index is 9.00. The van der Waals surface area contributed by atoms with Crippen molar-refractivity contribution in [3.63, 3.8) is 0 Å². The van der Waals surface area contributed by atoms with Crippen molar-refractivity contribution in [1.29, 1.82) is 0 Å². The zero-order valence-electron chi connectivity index (χ0n) is 18.3. The maximum atomic E-state index is 9.00. The van der Waals surface area contributed by atoms with Gasteiger partial charge in [-0.15, -0.1) is 0 Å². The number of hydrogen-bond donors (Lipinski definition) is 8. The Morgan fingerprint density at radius 1 is 0.552 bits per heavy atom. The van der Waals surface area contributed by atoms with E-state index in [1.54, 1.807) is 0 Å². The standard InChI is InChI=1S/C4H13N3.5C2H4O2.2Na/c5-1-3-7-4-2-6;5*1-2(3)4;;/h7H,1-6H2;5*1H3,(H,3,4);;. The van der Waals surface area contributed by atoms with Gasteiger partial charge in [0.25, 0.3) is 29.8 Å². The van der Waals surface area contributed by atoms with E-state index in [1.807, 2.05) is 0 Å². The molecule has 0 amide bonds. The summed E-state index contributed by atoms with van der Waals surface area (Å²) in [7, 11) is 0. The molecule has 0 heterocycles. The third-order valence-corrected chi connectivity index (χ3v) is 0.642. The first-order valence-corrected chi connectivity index (χ1v) is 7.16. The van der Waals surface area contributed by atoms with E-state index < -0.39 is 29.8 Å². The van der Waals surface area contributed by atoms with E-state index in [2.05, 4.69) is 5.32 Å². The fraction of sp³-hybridized carbons (Fsp3) is 0.643. The molecular weight excluding hydrogens is 416 g/mol. The number of nitrogens with two attached hydrogens (primary N) is 2. The Labute approximate surface area is 214 Å². The van der Waals surface area contributed by atoms with Gasteiger partial charge >= 0.3 is 0 Å². The number of rotatable bonds is 4. The van der Waals surface area contributed by atoms with E-state index in [4.69, 9.17) is 61.0 Å². The van der Waals surface area contributed by atoms with Gasteiger partial charge in [-0.1, -0.05) is 0 Å². The molecule has 0 aliphatic rings. The van der Waals surface area contributed by atoms with Gasteiger partial charge in [-0.2, -0.15) is 0 Å². The maximum Gasteiger partial charge on any atom is 0.300 e. The van der Waals surface area contributed by atoms with Crippen LogP contribution in [0.25, 0.3) is 0 Å². The molecule has 10 N–H and O–H groups in total.